The first-order chi connectivity index (χ1) is 6.11. The van der Waals surface area contributed by atoms with Crippen molar-refractivity contribution in [3.05, 3.63) is 0 Å². The molecule has 1 fully saturated rings. The van der Waals surface area contributed by atoms with Crippen molar-refractivity contribution < 1.29 is 23.1 Å². The maximum Gasteiger partial charge on any atom is 0.416 e. The van der Waals surface area contributed by atoms with Crippen molar-refractivity contribution in [2.75, 3.05) is 13.2 Å². The molecule has 74 valence electrons. The van der Waals surface area contributed by atoms with Crippen LogP contribution in [0.25, 0.3) is 0 Å². The lowest BCUT2D eigenvalue weighted by Gasteiger charge is -2.12. The molecule has 1 aliphatic heterocycles. The van der Waals surface area contributed by atoms with Gasteiger partial charge in [-0.25, -0.2) is 18.5 Å². The lowest BCUT2D eigenvalue weighted by atomic mass is 10.4. The Bertz CT molecular complexity index is 220. The number of carbonyl (C=O) groups is 2. The summed E-state index contributed by atoms with van der Waals surface area (Å²) in [5.74, 6) is -0.362. The van der Waals surface area contributed by atoms with Crippen molar-refractivity contribution in [1.82, 2.24) is 4.90 Å². The summed E-state index contributed by atoms with van der Waals surface area (Å²) in [4.78, 5) is 22.7. The number of halogens is 2. The van der Waals surface area contributed by atoms with E-state index in [4.69, 9.17) is 0 Å². The van der Waals surface area contributed by atoms with Crippen molar-refractivity contribution >= 4 is 12.0 Å². The molecule has 0 aromatic heterocycles. The van der Waals surface area contributed by atoms with Gasteiger partial charge in [-0.15, -0.1) is 0 Å². The second-order valence-electron chi connectivity index (χ2n) is 2.62. The van der Waals surface area contributed by atoms with Gasteiger partial charge in [0.2, 0.25) is 5.91 Å². The van der Waals surface area contributed by atoms with E-state index in [0.29, 0.717) is 6.42 Å². The van der Waals surface area contributed by atoms with Gasteiger partial charge in [-0.3, -0.25) is 4.79 Å². The summed E-state index contributed by atoms with van der Waals surface area (Å²) in [7, 11) is 0. The summed E-state index contributed by atoms with van der Waals surface area (Å²) in [5, 5.41) is 0. The molecule has 0 aromatic rings. The van der Waals surface area contributed by atoms with E-state index in [2.05, 4.69) is 4.74 Å². The number of amides is 2. The van der Waals surface area contributed by atoms with Crippen LogP contribution in [0.3, 0.4) is 0 Å². The number of rotatable bonds is 2. The molecule has 6 heteroatoms. The lowest BCUT2D eigenvalue weighted by molar-refractivity contribution is -0.126. The molecule has 1 rings (SSSR count). The van der Waals surface area contributed by atoms with Gasteiger partial charge in [-0.2, -0.15) is 0 Å². The lowest BCUT2D eigenvalue weighted by Crippen LogP contribution is -2.33. The largest absolute Gasteiger partial charge is 0.443 e. The number of likely N-dealkylation sites (tertiary alicyclic amines) is 1. The summed E-state index contributed by atoms with van der Waals surface area (Å²) in [6.07, 6.45) is -2.81. The average Bonchev–Trinajstić information content (AvgIpc) is 2.47. The molecule has 0 bridgehead atoms. The van der Waals surface area contributed by atoms with E-state index in [1.54, 1.807) is 0 Å². The predicted octanol–water partition coefficient (Wildman–Crippen LogP) is 1.01. The van der Waals surface area contributed by atoms with Crippen molar-refractivity contribution in [2.24, 2.45) is 0 Å². The van der Waals surface area contributed by atoms with E-state index >= 15 is 0 Å². The second-order valence-corrected chi connectivity index (χ2v) is 2.62. The zero-order valence-electron chi connectivity index (χ0n) is 6.83. The van der Waals surface area contributed by atoms with Crippen LogP contribution in [0.5, 0.6) is 0 Å². The SMILES string of the molecule is O=C1CCCN1C(=O)OCC(F)F. The van der Waals surface area contributed by atoms with E-state index in [1.807, 2.05) is 0 Å². The summed E-state index contributed by atoms with van der Waals surface area (Å²) in [6, 6.07) is 0. The Kier molecular flexibility index (Phi) is 3.16. The number of imide groups is 1. The van der Waals surface area contributed by atoms with Gasteiger partial charge < -0.3 is 4.74 Å². The van der Waals surface area contributed by atoms with Gasteiger partial charge >= 0.3 is 6.09 Å². The van der Waals surface area contributed by atoms with E-state index < -0.39 is 19.1 Å². The molecule has 0 aliphatic carbocycles. The summed E-state index contributed by atoms with van der Waals surface area (Å²) >= 11 is 0. The second kappa shape index (κ2) is 4.15. The summed E-state index contributed by atoms with van der Waals surface area (Å²) in [5.41, 5.74) is 0. The summed E-state index contributed by atoms with van der Waals surface area (Å²) < 4.78 is 27.4. The molecule has 0 atom stereocenters. The Hall–Kier alpha value is -1.20. The highest BCUT2D eigenvalue weighted by molar-refractivity contribution is 5.93. The topological polar surface area (TPSA) is 46.6 Å². The van der Waals surface area contributed by atoms with Crippen molar-refractivity contribution in [1.29, 1.82) is 0 Å². The quantitative estimate of drug-likeness (QED) is 0.657. The third kappa shape index (κ3) is 2.64. The third-order valence-corrected chi connectivity index (χ3v) is 1.63. The van der Waals surface area contributed by atoms with Gasteiger partial charge in [0.05, 0.1) is 0 Å². The first-order valence-corrected chi connectivity index (χ1v) is 3.86. The Morgan fingerprint density at radius 3 is 2.77 bits per heavy atom. The number of nitrogens with zero attached hydrogens (tertiary/aromatic N) is 1. The monoisotopic (exact) mass is 193 g/mol. The van der Waals surface area contributed by atoms with Gasteiger partial charge in [-0.05, 0) is 6.42 Å². The number of ether oxygens (including phenoxy) is 1. The predicted molar refractivity (Wildman–Crippen MR) is 38.3 cm³/mol. The molecular weight excluding hydrogens is 184 g/mol. The third-order valence-electron chi connectivity index (χ3n) is 1.63. The van der Waals surface area contributed by atoms with Crippen LogP contribution in [-0.2, 0) is 9.53 Å². The van der Waals surface area contributed by atoms with Crippen LogP contribution in [0.15, 0.2) is 0 Å². The Morgan fingerprint density at radius 1 is 1.62 bits per heavy atom. The highest BCUT2D eigenvalue weighted by Gasteiger charge is 2.28. The molecule has 0 unspecified atom stereocenters. The zero-order chi connectivity index (χ0) is 9.84. The maximum absolute atomic E-state index is 11.6. The molecule has 0 spiro atoms. The number of carbonyl (C=O) groups excluding carboxylic acids is 2. The normalized spacial score (nSPS) is 16.8. The van der Waals surface area contributed by atoms with Gasteiger partial charge in [0.15, 0.2) is 6.61 Å². The molecule has 1 saturated heterocycles. The van der Waals surface area contributed by atoms with Gasteiger partial charge in [0.1, 0.15) is 0 Å². The van der Waals surface area contributed by atoms with Crippen LogP contribution in [-0.4, -0.2) is 36.5 Å². The fourth-order valence-corrected chi connectivity index (χ4v) is 1.05. The number of alkyl halides is 2. The molecule has 0 aromatic carbocycles. The van der Waals surface area contributed by atoms with E-state index in [9.17, 15) is 18.4 Å². The van der Waals surface area contributed by atoms with Crippen molar-refractivity contribution in [3.63, 3.8) is 0 Å². The highest BCUT2D eigenvalue weighted by atomic mass is 19.3. The minimum absolute atomic E-state index is 0.265. The molecule has 1 aliphatic rings. The minimum Gasteiger partial charge on any atom is -0.443 e. The van der Waals surface area contributed by atoms with E-state index in [0.717, 1.165) is 4.90 Å². The molecule has 0 saturated carbocycles. The smallest absolute Gasteiger partial charge is 0.416 e. The first kappa shape index (κ1) is 9.88. The van der Waals surface area contributed by atoms with Crippen LogP contribution in [0.2, 0.25) is 0 Å². The molecule has 13 heavy (non-hydrogen) atoms. The zero-order valence-corrected chi connectivity index (χ0v) is 6.83. The molecule has 0 radical (unpaired) electrons. The fourth-order valence-electron chi connectivity index (χ4n) is 1.05. The van der Waals surface area contributed by atoms with Crippen molar-refractivity contribution in [2.45, 2.75) is 19.3 Å². The molecule has 1 heterocycles. The number of hydrogen-bond donors (Lipinski definition) is 0. The molecule has 0 N–H and O–H groups in total. The van der Waals surface area contributed by atoms with Crippen molar-refractivity contribution in [3.8, 4) is 0 Å². The summed E-state index contributed by atoms with van der Waals surface area (Å²) in [6.45, 7) is -0.691. The van der Waals surface area contributed by atoms with Crippen LogP contribution < -0.4 is 0 Å². The Balaban J connectivity index is 2.34. The standard InChI is InChI=1S/C7H9F2NO3/c8-5(9)4-13-7(12)10-3-1-2-6(10)11/h5H,1-4H2. The van der Waals surface area contributed by atoms with Crippen LogP contribution in [0.4, 0.5) is 13.6 Å². The van der Waals surface area contributed by atoms with E-state index in [1.165, 1.54) is 0 Å². The number of hydrogen-bond acceptors (Lipinski definition) is 3. The average molecular weight is 193 g/mol. The molecule has 2 amide bonds. The Morgan fingerprint density at radius 2 is 2.31 bits per heavy atom. The van der Waals surface area contributed by atoms with Crippen LogP contribution in [0, 0.1) is 0 Å². The highest BCUT2D eigenvalue weighted by Crippen LogP contribution is 2.11. The minimum atomic E-state index is -2.69. The van der Waals surface area contributed by atoms with E-state index in [-0.39, 0.29) is 18.9 Å². The van der Waals surface area contributed by atoms with Gasteiger partial charge in [0.25, 0.3) is 6.43 Å². The van der Waals surface area contributed by atoms with Gasteiger partial charge in [-0.1, -0.05) is 0 Å². The maximum atomic E-state index is 11.6. The van der Waals surface area contributed by atoms with Gasteiger partial charge in [0, 0.05) is 13.0 Å². The first-order valence-electron chi connectivity index (χ1n) is 3.86. The van der Waals surface area contributed by atoms with Crippen LogP contribution in [0.1, 0.15) is 12.8 Å². The molecular formula is C7H9F2NO3. The molecule has 4 nitrogen and oxygen atoms in total. The fraction of sp³-hybridized carbons (Fsp3) is 0.714. The van der Waals surface area contributed by atoms with Crippen LogP contribution >= 0.6 is 0 Å². The Labute approximate surface area is 73.5 Å².